The summed E-state index contributed by atoms with van der Waals surface area (Å²) in [5.74, 6) is 0.0616. The van der Waals surface area contributed by atoms with Crippen molar-refractivity contribution >= 4 is 23.5 Å². The molecule has 1 aromatic heterocycles. The van der Waals surface area contributed by atoms with Crippen molar-refractivity contribution in [3.05, 3.63) is 40.5 Å². The molecule has 7 nitrogen and oxygen atoms in total. The second kappa shape index (κ2) is 6.88. The molecule has 1 spiro atoms. The Balaban J connectivity index is 1.57. The predicted octanol–water partition coefficient (Wildman–Crippen LogP) is 3.55. The number of carboxylic acid groups (broad SMARTS) is 1. The van der Waals surface area contributed by atoms with E-state index < -0.39 is 5.97 Å². The molecule has 4 rings (SSSR count). The summed E-state index contributed by atoms with van der Waals surface area (Å²) in [4.78, 5) is 22.4. The lowest BCUT2D eigenvalue weighted by molar-refractivity contribution is 0.0690. The molecule has 0 atom stereocenters. The normalized spacial score (nSPS) is 17.2. The molecule has 27 heavy (non-hydrogen) atoms. The predicted molar refractivity (Wildman–Crippen MR) is 99.9 cm³/mol. The van der Waals surface area contributed by atoms with Gasteiger partial charge >= 0.3 is 5.97 Å². The largest absolute Gasteiger partial charge is 0.495 e. The van der Waals surface area contributed by atoms with E-state index in [-0.39, 0.29) is 23.6 Å². The zero-order valence-electron chi connectivity index (χ0n) is 14.9. The Morgan fingerprint density at radius 2 is 2.19 bits per heavy atom. The number of carboxylic acids is 1. The van der Waals surface area contributed by atoms with Gasteiger partial charge in [-0.1, -0.05) is 17.7 Å². The molecule has 1 saturated carbocycles. The van der Waals surface area contributed by atoms with Crippen LogP contribution >= 0.6 is 11.6 Å². The van der Waals surface area contributed by atoms with Crippen LogP contribution in [-0.2, 0) is 6.61 Å². The van der Waals surface area contributed by atoms with E-state index in [1.165, 1.54) is 6.20 Å². The van der Waals surface area contributed by atoms with Crippen LogP contribution < -0.4 is 14.4 Å². The summed E-state index contributed by atoms with van der Waals surface area (Å²) in [6, 6.07) is 5.28. The molecule has 1 N–H and O–H groups in total. The molecule has 0 bridgehead atoms. The van der Waals surface area contributed by atoms with Crippen molar-refractivity contribution in [2.24, 2.45) is 0 Å². The summed E-state index contributed by atoms with van der Waals surface area (Å²) >= 11 is 6.14. The Hall–Kier alpha value is -2.54. The lowest BCUT2D eigenvalue weighted by atomic mass is 10.2. The molecule has 1 aliphatic carbocycles. The van der Waals surface area contributed by atoms with Crippen LogP contribution in [0.1, 0.15) is 41.6 Å². The van der Waals surface area contributed by atoms with Gasteiger partial charge in [0.2, 0.25) is 11.8 Å². The molecule has 1 aromatic carbocycles. The van der Waals surface area contributed by atoms with Crippen LogP contribution in [0.25, 0.3) is 0 Å². The summed E-state index contributed by atoms with van der Waals surface area (Å²) in [7, 11) is 1.55. The van der Waals surface area contributed by atoms with Gasteiger partial charge in [0.15, 0.2) is 0 Å². The summed E-state index contributed by atoms with van der Waals surface area (Å²) < 4.78 is 10.9. The first-order valence-corrected chi connectivity index (χ1v) is 9.23. The topological polar surface area (TPSA) is 84.8 Å². The highest BCUT2D eigenvalue weighted by molar-refractivity contribution is 6.32. The molecule has 0 radical (unpaired) electrons. The lowest BCUT2D eigenvalue weighted by Gasteiger charge is -2.24. The number of hydrogen-bond acceptors (Lipinski definition) is 6. The van der Waals surface area contributed by atoms with Crippen LogP contribution in [0.4, 0.5) is 5.95 Å². The van der Waals surface area contributed by atoms with Gasteiger partial charge in [0, 0.05) is 12.1 Å². The number of anilines is 1. The first-order chi connectivity index (χ1) is 13.0. The van der Waals surface area contributed by atoms with Crippen molar-refractivity contribution in [1.82, 2.24) is 9.97 Å². The SMILES string of the molecule is COc1ccc(COc2nc(N3CCCC34CC4)ncc2C(=O)O)cc1Cl. The second-order valence-electron chi connectivity index (χ2n) is 6.93. The van der Waals surface area contributed by atoms with Crippen LogP contribution in [0, 0.1) is 0 Å². The third-order valence-corrected chi connectivity index (χ3v) is 5.52. The number of carbonyl (C=O) groups is 1. The van der Waals surface area contributed by atoms with E-state index in [2.05, 4.69) is 14.9 Å². The van der Waals surface area contributed by atoms with Gasteiger partial charge < -0.3 is 19.5 Å². The minimum absolute atomic E-state index is 0.0533. The van der Waals surface area contributed by atoms with Crippen molar-refractivity contribution in [3.8, 4) is 11.6 Å². The molecule has 0 amide bonds. The number of halogens is 1. The van der Waals surface area contributed by atoms with Gasteiger partial charge in [-0.2, -0.15) is 4.98 Å². The van der Waals surface area contributed by atoms with Crippen LogP contribution in [0.2, 0.25) is 5.02 Å². The summed E-state index contributed by atoms with van der Waals surface area (Å²) in [6.45, 7) is 1.03. The fraction of sp³-hybridized carbons (Fsp3) is 0.421. The molecule has 2 aliphatic rings. The Bertz CT molecular complexity index is 885. The Morgan fingerprint density at radius 3 is 2.85 bits per heavy atom. The van der Waals surface area contributed by atoms with Gasteiger partial charge in [0.05, 0.1) is 18.3 Å². The monoisotopic (exact) mass is 389 g/mol. The lowest BCUT2D eigenvalue weighted by Crippen LogP contribution is -2.32. The molecule has 2 aromatic rings. The van der Waals surface area contributed by atoms with Gasteiger partial charge in [0.1, 0.15) is 17.9 Å². The highest BCUT2D eigenvalue weighted by Crippen LogP contribution is 2.50. The number of rotatable bonds is 6. The number of nitrogens with zero attached hydrogens (tertiary/aromatic N) is 3. The van der Waals surface area contributed by atoms with E-state index in [1.54, 1.807) is 19.2 Å². The number of hydrogen-bond donors (Lipinski definition) is 1. The molecule has 142 valence electrons. The first kappa shape index (κ1) is 17.9. The quantitative estimate of drug-likeness (QED) is 0.808. The minimum atomic E-state index is -1.12. The second-order valence-corrected chi connectivity index (χ2v) is 7.34. The number of aromatic carboxylic acids is 1. The summed E-state index contributed by atoms with van der Waals surface area (Å²) in [6.07, 6.45) is 5.84. The van der Waals surface area contributed by atoms with E-state index in [4.69, 9.17) is 21.1 Å². The molecule has 1 saturated heterocycles. The van der Waals surface area contributed by atoms with E-state index in [9.17, 15) is 9.90 Å². The van der Waals surface area contributed by atoms with E-state index in [1.807, 2.05) is 6.07 Å². The van der Waals surface area contributed by atoms with Crippen molar-refractivity contribution in [1.29, 1.82) is 0 Å². The first-order valence-electron chi connectivity index (χ1n) is 8.86. The van der Waals surface area contributed by atoms with Crippen molar-refractivity contribution in [2.45, 2.75) is 37.8 Å². The summed E-state index contributed by atoms with van der Waals surface area (Å²) in [5, 5.41) is 9.90. The molecular weight excluding hydrogens is 370 g/mol. The Labute approximate surface area is 161 Å². The number of aromatic nitrogens is 2. The smallest absolute Gasteiger partial charge is 0.342 e. The van der Waals surface area contributed by atoms with Crippen LogP contribution in [0.3, 0.4) is 0 Å². The van der Waals surface area contributed by atoms with Crippen LogP contribution in [0.15, 0.2) is 24.4 Å². The van der Waals surface area contributed by atoms with Gasteiger partial charge in [-0.25, -0.2) is 9.78 Å². The third kappa shape index (κ3) is 3.39. The fourth-order valence-corrected chi connectivity index (χ4v) is 3.89. The zero-order valence-corrected chi connectivity index (χ0v) is 15.7. The Morgan fingerprint density at radius 1 is 1.37 bits per heavy atom. The molecule has 8 heteroatoms. The van der Waals surface area contributed by atoms with Gasteiger partial charge in [-0.15, -0.1) is 0 Å². The number of benzene rings is 1. The number of ether oxygens (including phenoxy) is 2. The zero-order chi connectivity index (χ0) is 19.0. The maximum absolute atomic E-state index is 11.5. The maximum Gasteiger partial charge on any atom is 0.342 e. The maximum atomic E-state index is 11.5. The van der Waals surface area contributed by atoms with E-state index in [0.717, 1.165) is 37.8 Å². The summed E-state index contributed by atoms with van der Waals surface area (Å²) in [5.41, 5.74) is 0.908. The molecule has 2 heterocycles. The van der Waals surface area contributed by atoms with E-state index >= 15 is 0 Å². The van der Waals surface area contributed by atoms with Crippen molar-refractivity contribution in [2.75, 3.05) is 18.6 Å². The standard InChI is InChI=1S/C19H20ClN3O4/c1-26-15-4-3-12(9-14(15)20)11-27-16-13(17(24)25)10-21-18(22-16)23-8-2-5-19(23)6-7-19/h3-4,9-10H,2,5-8,11H2,1H3,(H,24,25). The molecule has 2 fully saturated rings. The van der Waals surface area contributed by atoms with Crippen LogP contribution in [0.5, 0.6) is 11.6 Å². The molecule has 0 unspecified atom stereocenters. The van der Waals surface area contributed by atoms with Gasteiger partial charge in [-0.3, -0.25) is 0 Å². The minimum Gasteiger partial charge on any atom is -0.495 e. The van der Waals surface area contributed by atoms with Crippen LogP contribution in [-0.4, -0.2) is 40.2 Å². The highest BCUT2D eigenvalue weighted by Gasteiger charge is 2.51. The van der Waals surface area contributed by atoms with Gasteiger partial charge in [0.25, 0.3) is 0 Å². The van der Waals surface area contributed by atoms with E-state index in [0.29, 0.717) is 16.7 Å². The number of methoxy groups -OCH3 is 1. The van der Waals surface area contributed by atoms with Crippen molar-refractivity contribution < 1.29 is 19.4 Å². The molecular formula is C19H20ClN3O4. The average molecular weight is 390 g/mol. The highest BCUT2D eigenvalue weighted by atomic mass is 35.5. The average Bonchev–Trinajstić information content (AvgIpc) is 3.30. The van der Waals surface area contributed by atoms with Gasteiger partial charge in [-0.05, 0) is 43.4 Å². The Kier molecular flexibility index (Phi) is 4.55. The van der Waals surface area contributed by atoms with Crippen molar-refractivity contribution in [3.63, 3.8) is 0 Å². The third-order valence-electron chi connectivity index (χ3n) is 5.23. The molecule has 1 aliphatic heterocycles. The fourth-order valence-electron chi connectivity index (χ4n) is 3.61.